The predicted molar refractivity (Wildman–Crippen MR) is 141 cm³/mol. The van der Waals surface area contributed by atoms with E-state index in [1.54, 1.807) is 29.2 Å². The SMILES string of the molecule is O=C(O)c1ccccc1-c1ccc(CN(CCCc2ccccc2)C(=O)c2ccc(OC(F)F)cc2)cc1. The maximum atomic E-state index is 13.4. The minimum Gasteiger partial charge on any atom is -0.478 e. The first kappa shape index (κ1) is 26.5. The number of aryl methyl sites for hydroxylation is 1. The van der Waals surface area contributed by atoms with Gasteiger partial charge in [0, 0.05) is 18.7 Å². The number of hydrogen-bond acceptors (Lipinski definition) is 3. The molecule has 0 atom stereocenters. The fraction of sp³-hybridized carbons (Fsp3) is 0.161. The fourth-order valence-electron chi connectivity index (χ4n) is 4.26. The zero-order valence-corrected chi connectivity index (χ0v) is 20.6. The molecular formula is C31H27F2NO4. The number of alkyl halides is 2. The zero-order valence-electron chi connectivity index (χ0n) is 20.6. The van der Waals surface area contributed by atoms with Gasteiger partial charge in [0.15, 0.2) is 0 Å². The Kier molecular flexibility index (Phi) is 8.82. The van der Waals surface area contributed by atoms with Crippen molar-refractivity contribution in [3.05, 3.63) is 125 Å². The molecule has 5 nitrogen and oxygen atoms in total. The lowest BCUT2D eigenvalue weighted by molar-refractivity contribution is -0.0498. The number of ether oxygens (including phenoxy) is 1. The van der Waals surface area contributed by atoms with Crippen LogP contribution in [0.3, 0.4) is 0 Å². The Morgan fingerprint density at radius 1 is 0.789 bits per heavy atom. The number of nitrogens with zero attached hydrogens (tertiary/aromatic N) is 1. The normalized spacial score (nSPS) is 10.8. The summed E-state index contributed by atoms with van der Waals surface area (Å²) in [5.41, 5.74) is 4.04. The zero-order chi connectivity index (χ0) is 26.9. The van der Waals surface area contributed by atoms with Gasteiger partial charge in [0.2, 0.25) is 0 Å². The van der Waals surface area contributed by atoms with Crippen LogP contribution in [0.25, 0.3) is 11.1 Å². The van der Waals surface area contributed by atoms with Crippen LogP contribution < -0.4 is 4.74 Å². The van der Waals surface area contributed by atoms with E-state index in [0.29, 0.717) is 24.2 Å². The van der Waals surface area contributed by atoms with Gasteiger partial charge in [0.25, 0.3) is 5.91 Å². The summed E-state index contributed by atoms with van der Waals surface area (Å²) in [5.74, 6) is -1.23. The maximum Gasteiger partial charge on any atom is 0.387 e. The molecule has 0 aliphatic carbocycles. The van der Waals surface area contributed by atoms with Crippen LogP contribution in [0, 0.1) is 0 Å². The van der Waals surface area contributed by atoms with Crippen LogP contribution in [0.5, 0.6) is 5.75 Å². The molecule has 0 unspecified atom stereocenters. The van der Waals surface area contributed by atoms with Crippen molar-refractivity contribution in [1.82, 2.24) is 4.90 Å². The van der Waals surface area contributed by atoms with Gasteiger partial charge in [0.05, 0.1) is 5.56 Å². The van der Waals surface area contributed by atoms with Crippen molar-refractivity contribution in [3.63, 3.8) is 0 Å². The average molecular weight is 516 g/mol. The van der Waals surface area contributed by atoms with Crippen LogP contribution in [0.1, 0.15) is 38.3 Å². The van der Waals surface area contributed by atoms with Gasteiger partial charge >= 0.3 is 12.6 Å². The molecular weight excluding hydrogens is 488 g/mol. The van der Waals surface area contributed by atoms with Crippen LogP contribution in [0.2, 0.25) is 0 Å². The number of halogens is 2. The highest BCUT2D eigenvalue weighted by atomic mass is 19.3. The molecule has 0 aromatic heterocycles. The number of amides is 1. The van der Waals surface area contributed by atoms with Crippen molar-refractivity contribution in [2.75, 3.05) is 6.54 Å². The van der Waals surface area contributed by atoms with Crippen molar-refractivity contribution >= 4 is 11.9 Å². The lowest BCUT2D eigenvalue weighted by Gasteiger charge is -2.23. The van der Waals surface area contributed by atoms with Crippen molar-refractivity contribution in [1.29, 1.82) is 0 Å². The second-order valence-corrected chi connectivity index (χ2v) is 8.77. The summed E-state index contributed by atoms with van der Waals surface area (Å²) in [5, 5.41) is 9.51. The van der Waals surface area contributed by atoms with E-state index in [0.717, 1.165) is 24.0 Å². The third-order valence-electron chi connectivity index (χ3n) is 6.15. The molecule has 0 bridgehead atoms. The molecule has 0 spiro atoms. The van der Waals surface area contributed by atoms with E-state index in [1.807, 2.05) is 54.6 Å². The van der Waals surface area contributed by atoms with E-state index in [1.165, 1.54) is 29.8 Å². The molecule has 7 heteroatoms. The lowest BCUT2D eigenvalue weighted by atomic mass is 9.98. The van der Waals surface area contributed by atoms with Crippen molar-refractivity contribution in [2.24, 2.45) is 0 Å². The first-order valence-corrected chi connectivity index (χ1v) is 12.2. The first-order chi connectivity index (χ1) is 18.4. The highest BCUT2D eigenvalue weighted by molar-refractivity contribution is 5.96. The molecule has 0 radical (unpaired) electrons. The van der Waals surface area contributed by atoms with Gasteiger partial charge < -0.3 is 14.7 Å². The van der Waals surface area contributed by atoms with Crippen LogP contribution in [-0.2, 0) is 13.0 Å². The van der Waals surface area contributed by atoms with Gasteiger partial charge in [-0.25, -0.2) is 4.79 Å². The standard InChI is InChI=1S/C31H27F2NO4/c32-31(33)38-26-18-16-25(17-19-26)29(35)34(20-6-9-22-7-2-1-3-8-22)21-23-12-14-24(15-13-23)27-10-4-5-11-28(27)30(36)37/h1-5,7-8,10-19,31H,6,9,20-21H2,(H,36,37). The molecule has 4 rings (SSSR count). The Morgan fingerprint density at radius 2 is 1.45 bits per heavy atom. The largest absolute Gasteiger partial charge is 0.478 e. The molecule has 0 aliphatic rings. The Morgan fingerprint density at radius 3 is 2.11 bits per heavy atom. The van der Waals surface area contributed by atoms with E-state index in [9.17, 15) is 23.5 Å². The number of aromatic carboxylic acids is 1. The van der Waals surface area contributed by atoms with E-state index >= 15 is 0 Å². The fourth-order valence-corrected chi connectivity index (χ4v) is 4.26. The quantitative estimate of drug-likeness (QED) is 0.235. The maximum absolute atomic E-state index is 13.4. The van der Waals surface area contributed by atoms with Crippen molar-refractivity contribution in [2.45, 2.75) is 26.0 Å². The second kappa shape index (κ2) is 12.6. The minimum absolute atomic E-state index is 0.00981. The lowest BCUT2D eigenvalue weighted by Crippen LogP contribution is -2.31. The van der Waals surface area contributed by atoms with Crippen LogP contribution in [0.4, 0.5) is 8.78 Å². The number of carboxylic acids is 1. The van der Waals surface area contributed by atoms with Gasteiger partial charge in [-0.1, -0.05) is 72.8 Å². The molecule has 0 aliphatic heterocycles. The molecule has 4 aromatic rings. The van der Waals surface area contributed by atoms with Crippen molar-refractivity contribution in [3.8, 4) is 16.9 Å². The Hall–Kier alpha value is -4.52. The van der Waals surface area contributed by atoms with E-state index in [-0.39, 0.29) is 17.2 Å². The molecule has 1 amide bonds. The van der Waals surface area contributed by atoms with Crippen LogP contribution >= 0.6 is 0 Å². The third-order valence-corrected chi connectivity index (χ3v) is 6.15. The number of hydrogen-bond donors (Lipinski definition) is 1. The van der Waals surface area contributed by atoms with Crippen molar-refractivity contribution < 1.29 is 28.2 Å². The molecule has 0 heterocycles. The Balaban J connectivity index is 1.52. The number of carbonyl (C=O) groups is 2. The first-order valence-electron chi connectivity index (χ1n) is 12.2. The summed E-state index contributed by atoms with van der Waals surface area (Å²) in [7, 11) is 0. The topological polar surface area (TPSA) is 66.8 Å². The van der Waals surface area contributed by atoms with Gasteiger partial charge in [-0.3, -0.25) is 4.79 Å². The highest BCUT2D eigenvalue weighted by Crippen LogP contribution is 2.25. The van der Waals surface area contributed by atoms with Crippen LogP contribution in [-0.4, -0.2) is 35.0 Å². The van der Waals surface area contributed by atoms with Gasteiger partial charge in [-0.05, 0) is 65.4 Å². The number of carboxylic acid groups (broad SMARTS) is 1. The molecule has 38 heavy (non-hydrogen) atoms. The Bertz CT molecular complexity index is 1360. The molecule has 0 saturated heterocycles. The second-order valence-electron chi connectivity index (χ2n) is 8.77. The number of benzene rings is 4. The van der Waals surface area contributed by atoms with Gasteiger partial charge in [-0.15, -0.1) is 0 Å². The highest BCUT2D eigenvalue weighted by Gasteiger charge is 2.17. The Labute approximate surface area is 219 Å². The number of carbonyl (C=O) groups excluding carboxylic acids is 1. The molecule has 194 valence electrons. The predicted octanol–water partition coefficient (Wildman–Crippen LogP) is 6.93. The van der Waals surface area contributed by atoms with E-state index in [4.69, 9.17) is 0 Å². The third kappa shape index (κ3) is 7.03. The monoisotopic (exact) mass is 515 g/mol. The molecule has 4 aromatic carbocycles. The molecule has 1 N–H and O–H groups in total. The van der Waals surface area contributed by atoms with Gasteiger partial charge in [-0.2, -0.15) is 8.78 Å². The van der Waals surface area contributed by atoms with E-state index < -0.39 is 12.6 Å². The summed E-state index contributed by atoms with van der Waals surface area (Å²) in [4.78, 5) is 26.7. The summed E-state index contributed by atoms with van der Waals surface area (Å²) in [6.07, 6.45) is 1.54. The smallest absolute Gasteiger partial charge is 0.387 e. The van der Waals surface area contributed by atoms with Crippen LogP contribution in [0.15, 0.2) is 103 Å². The average Bonchev–Trinajstić information content (AvgIpc) is 2.93. The summed E-state index contributed by atoms with van der Waals surface area (Å²) >= 11 is 0. The minimum atomic E-state index is -2.93. The summed E-state index contributed by atoms with van der Waals surface area (Å²) in [6, 6.07) is 29.9. The number of rotatable bonds is 11. The molecule has 0 saturated carbocycles. The summed E-state index contributed by atoms with van der Waals surface area (Å²) < 4.78 is 29.4. The summed E-state index contributed by atoms with van der Waals surface area (Å²) in [6.45, 7) is -2.10. The van der Waals surface area contributed by atoms with Gasteiger partial charge in [0.1, 0.15) is 5.75 Å². The molecule has 0 fully saturated rings. The van der Waals surface area contributed by atoms with E-state index in [2.05, 4.69) is 4.74 Å².